The van der Waals surface area contributed by atoms with Crippen molar-refractivity contribution in [3.05, 3.63) is 58.9 Å². The molecule has 0 saturated carbocycles. The molecule has 0 fully saturated rings. The van der Waals surface area contributed by atoms with Crippen LogP contribution in [0.5, 0.6) is 0 Å². The summed E-state index contributed by atoms with van der Waals surface area (Å²) in [5.41, 5.74) is 11.5. The topological polar surface area (TPSA) is 38.9 Å². The molecular weight excluding hydrogens is 252 g/mol. The van der Waals surface area contributed by atoms with E-state index in [0.29, 0.717) is 0 Å². The van der Waals surface area contributed by atoms with Crippen molar-refractivity contribution in [3.8, 4) is 0 Å². The fourth-order valence-electron chi connectivity index (χ4n) is 2.48. The van der Waals surface area contributed by atoms with Gasteiger partial charge in [0.1, 0.15) is 0 Å². The summed E-state index contributed by atoms with van der Waals surface area (Å²) in [7, 11) is 0. The minimum absolute atomic E-state index is 0.0683. The molecule has 2 aromatic rings. The van der Waals surface area contributed by atoms with Gasteiger partial charge in [0.2, 0.25) is 0 Å². The molecule has 0 spiro atoms. The first-order valence-corrected chi connectivity index (χ1v) is 7.42. The van der Waals surface area contributed by atoms with Crippen LogP contribution < -0.4 is 5.73 Å². The fourth-order valence-corrected chi connectivity index (χ4v) is 3.33. The van der Waals surface area contributed by atoms with Crippen LogP contribution in [0.1, 0.15) is 28.3 Å². The summed E-state index contributed by atoms with van der Waals surface area (Å²) < 4.78 is 0. The molecule has 0 aliphatic rings. The average Bonchev–Trinajstić information content (AvgIpc) is 2.36. The Kier molecular flexibility index (Phi) is 4.61. The molecule has 19 heavy (non-hydrogen) atoms. The second kappa shape index (κ2) is 6.22. The summed E-state index contributed by atoms with van der Waals surface area (Å²) in [6.07, 6.45) is 3.63. The van der Waals surface area contributed by atoms with Crippen molar-refractivity contribution in [1.82, 2.24) is 4.98 Å². The van der Waals surface area contributed by atoms with Crippen LogP contribution in [0.25, 0.3) is 0 Å². The summed E-state index contributed by atoms with van der Waals surface area (Å²) in [6, 6.07) is 8.52. The molecule has 1 aromatic carbocycles. The number of hydrogen-bond donors (Lipinski definition) is 1. The van der Waals surface area contributed by atoms with Gasteiger partial charge >= 0.3 is 0 Å². The Morgan fingerprint density at radius 2 is 1.68 bits per heavy atom. The molecule has 1 heterocycles. The fraction of sp³-hybridized carbons (Fsp3) is 0.312. The number of hydrogen-bond acceptors (Lipinski definition) is 3. The van der Waals surface area contributed by atoms with E-state index in [4.69, 9.17) is 5.73 Å². The number of thioether (sulfide) groups is 1. The first kappa shape index (κ1) is 14.1. The number of aryl methyl sites for hydroxylation is 3. The van der Waals surface area contributed by atoms with Gasteiger partial charge in [0.25, 0.3) is 0 Å². The zero-order valence-corrected chi connectivity index (χ0v) is 12.5. The maximum Gasteiger partial charge on any atom is 0.0395 e. The van der Waals surface area contributed by atoms with Crippen molar-refractivity contribution in [2.75, 3.05) is 5.75 Å². The lowest BCUT2D eigenvalue weighted by atomic mass is 9.95. The maximum atomic E-state index is 6.36. The summed E-state index contributed by atoms with van der Waals surface area (Å²) in [6.45, 7) is 6.42. The van der Waals surface area contributed by atoms with E-state index in [2.05, 4.69) is 37.9 Å². The lowest BCUT2D eigenvalue weighted by molar-refractivity contribution is 0.813. The van der Waals surface area contributed by atoms with Crippen molar-refractivity contribution < 1.29 is 0 Å². The third-order valence-corrected chi connectivity index (χ3v) is 4.32. The molecule has 0 saturated heterocycles. The molecule has 3 heteroatoms. The third-order valence-electron chi connectivity index (χ3n) is 3.19. The molecule has 2 rings (SSSR count). The van der Waals surface area contributed by atoms with Crippen LogP contribution >= 0.6 is 11.8 Å². The van der Waals surface area contributed by atoms with Gasteiger partial charge < -0.3 is 5.73 Å². The third kappa shape index (κ3) is 3.58. The Labute approximate surface area is 119 Å². The van der Waals surface area contributed by atoms with Gasteiger partial charge in [-0.3, -0.25) is 4.98 Å². The van der Waals surface area contributed by atoms with Crippen LogP contribution in [0, 0.1) is 20.8 Å². The van der Waals surface area contributed by atoms with E-state index >= 15 is 0 Å². The summed E-state index contributed by atoms with van der Waals surface area (Å²) in [5.74, 6) is 0.884. The normalized spacial score (nSPS) is 12.4. The second-order valence-electron chi connectivity index (χ2n) is 4.91. The lowest BCUT2D eigenvalue weighted by Gasteiger charge is -2.18. The smallest absolute Gasteiger partial charge is 0.0395 e. The van der Waals surface area contributed by atoms with E-state index in [0.717, 1.165) is 5.75 Å². The summed E-state index contributed by atoms with van der Waals surface area (Å²) >= 11 is 1.78. The molecule has 0 aliphatic carbocycles. The van der Waals surface area contributed by atoms with Crippen molar-refractivity contribution in [1.29, 1.82) is 0 Å². The maximum absolute atomic E-state index is 6.36. The number of rotatable bonds is 4. The van der Waals surface area contributed by atoms with Crippen molar-refractivity contribution >= 4 is 11.8 Å². The first-order valence-electron chi connectivity index (χ1n) is 6.44. The van der Waals surface area contributed by atoms with Crippen LogP contribution in [-0.2, 0) is 0 Å². The molecule has 0 radical (unpaired) electrons. The molecule has 2 nitrogen and oxygen atoms in total. The Bertz CT molecular complexity index is 529. The average molecular weight is 272 g/mol. The van der Waals surface area contributed by atoms with Crippen LogP contribution in [0.3, 0.4) is 0 Å². The van der Waals surface area contributed by atoms with Gasteiger partial charge in [0.05, 0.1) is 0 Å². The highest BCUT2D eigenvalue weighted by Crippen LogP contribution is 2.27. The monoisotopic (exact) mass is 272 g/mol. The van der Waals surface area contributed by atoms with E-state index in [9.17, 15) is 0 Å². The van der Waals surface area contributed by atoms with Gasteiger partial charge in [-0.2, -0.15) is 0 Å². The Morgan fingerprint density at radius 1 is 1.11 bits per heavy atom. The van der Waals surface area contributed by atoms with Gasteiger partial charge in [0.15, 0.2) is 0 Å². The second-order valence-corrected chi connectivity index (χ2v) is 6.01. The molecular formula is C16H20N2S. The van der Waals surface area contributed by atoms with Gasteiger partial charge in [-0.05, 0) is 49.6 Å². The summed E-state index contributed by atoms with van der Waals surface area (Å²) in [5, 5.41) is 0. The first-order chi connectivity index (χ1) is 9.08. The van der Waals surface area contributed by atoms with Crippen LogP contribution in [0.2, 0.25) is 0 Å². The Hall–Kier alpha value is -1.32. The van der Waals surface area contributed by atoms with E-state index in [1.54, 1.807) is 11.8 Å². The molecule has 1 atom stereocenters. The number of aromatic nitrogens is 1. The molecule has 100 valence electrons. The number of pyridine rings is 1. The quantitative estimate of drug-likeness (QED) is 0.860. The zero-order chi connectivity index (χ0) is 13.8. The van der Waals surface area contributed by atoms with Crippen LogP contribution in [-0.4, -0.2) is 10.7 Å². The highest BCUT2D eigenvalue weighted by molar-refractivity contribution is 7.99. The van der Waals surface area contributed by atoms with Crippen molar-refractivity contribution in [2.24, 2.45) is 5.73 Å². The highest BCUT2D eigenvalue weighted by atomic mass is 32.2. The van der Waals surface area contributed by atoms with Gasteiger partial charge in [-0.1, -0.05) is 17.7 Å². The molecule has 1 unspecified atom stereocenters. The van der Waals surface area contributed by atoms with Gasteiger partial charge in [-0.25, -0.2) is 0 Å². The molecule has 2 N–H and O–H groups in total. The molecule has 0 amide bonds. The van der Waals surface area contributed by atoms with Crippen molar-refractivity contribution in [2.45, 2.75) is 31.7 Å². The van der Waals surface area contributed by atoms with E-state index in [-0.39, 0.29) is 6.04 Å². The number of nitrogens with two attached hydrogens (primary N) is 1. The van der Waals surface area contributed by atoms with E-state index in [1.165, 1.54) is 27.1 Å². The summed E-state index contributed by atoms with van der Waals surface area (Å²) in [4.78, 5) is 5.24. The van der Waals surface area contributed by atoms with Gasteiger partial charge in [-0.15, -0.1) is 11.8 Å². The minimum atomic E-state index is 0.0683. The molecule has 1 aromatic heterocycles. The van der Waals surface area contributed by atoms with Gasteiger partial charge in [0, 0.05) is 29.1 Å². The zero-order valence-electron chi connectivity index (χ0n) is 11.7. The van der Waals surface area contributed by atoms with E-state index in [1.807, 2.05) is 24.5 Å². The SMILES string of the molecule is Cc1cc(C)c(C(N)CSc2ccncc2)c(C)c1. The van der Waals surface area contributed by atoms with Crippen LogP contribution in [0.15, 0.2) is 41.6 Å². The van der Waals surface area contributed by atoms with E-state index < -0.39 is 0 Å². The Morgan fingerprint density at radius 3 is 2.26 bits per heavy atom. The molecule has 0 aliphatic heterocycles. The predicted molar refractivity (Wildman–Crippen MR) is 82.5 cm³/mol. The largest absolute Gasteiger partial charge is 0.323 e. The minimum Gasteiger partial charge on any atom is -0.323 e. The van der Waals surface area contributed by atoms with Crippen molar-refractivity contribution in [3.63, 3.8) is 0 Å². The highest BCUT2D eigenvalue weighted by Gasteiger charge is 2.12. The predicted octanol–water partition coefficient (Wildman–Crippen LogP) is 3.80. The lowest BCUT2D eigenvalue weighted by Crippen LogP contribution is -2.16. The Balaban J connectivity index is 2.10. The number of benzene rings is 1. The molecule has 0 bridgehead atoms. The number of nitrogens with zero attached hydrogens (tertiary/aromatic N) is 1. The van der Waals surface area contributed by atoms with Crippen LogP contribution in [0.4, 0.5) is 0 Å². The standard InChI is InChI=1S/C16H20N2S/c1-11-8-12(2)16(13(3)9-11)15(17)10-19-14-4-6-18-7-5-14/h4-9,15H,10,17H2,1-3H3.